The van der Waals surface area contributed by atoms with Crippen molar-refractivity contribution in [2.75, 3.05) is 0 Å². The van der Waals surface area contributed by atoms with Gasteiger partial charge in [0.15, 0.2) is 0 Å². The van der Waals surface area contributed by atoms with E-state index in [1.807, 2.05) is 35.0 Å². The Morgan fingerprint density at radius 2 is 2.33 bits per heavy atom. The van der Waals surface area contributed by atoms with Gasteiger partial charge < -0.3 is 15.9 Å². The Labute approximate surface area is 86.7 Å². The molecule has 0 bridgehead atoms. The van der Waals surface area contributed by atoms with Crippen LogP contribution in [0.4, 0.5) is 0 Å². The molecule has 5 heteroatoms. The lowest BCUT2D eigenvalue weighted by atomic mass is 10.2. The molecule has 0 aliphatic heterocycles. The predicted molar refractivity (Wildman–Crippen MR) is 56.1 cm³/mol. The molecule has 0 radical (unpaired) electrons. The van der Waals surface area contributed by atoms with Crippen molar-refractivity contribution < 1.29 is 4.79 Å². The zero-order valence-electron chi connectivity index (χ0n) is 8.13. The van der Waals surface area contributed by atoms with E-state index in [0.717, 1.165) is 11.3 Å². The molecule has 0 aromatic carbocycles. The largest absolute Gasteiger partial charge is 0.368 e. The minimum absolute atomic E-state index is 0.372. The van der Waals surface area contributed by atoms with Crippen molar-refractivity contribution in [1.29, 1.82) is 0 Å². The first-order chi connectivity index (χ1) is 7.16. The molecule has 0 saturated carbocycles. The number of nitrogens with two attached hydrogens (primary N) is 2. The molecule has 2 aromatic heterocycles. The fraction of sp³-hybridized carbons (Fsp3) is 0.200. The van der Waals surface area contributed by atoms with Gasteiger partial charge in [0.25, 0.3) is 0 Å². The van der Waals surface area contributed by atoms with Crippen LogP contribution in [-0.4, -0.2) is 21.3 Å². The van der Waals surface area contributed by atoms with Crippen LogP contribution in [0, 0.1) is 0 Å². The molecule has 1 atom stereocenters. The first kappa shape index (κ1) is 9.67. The highest BCUT2D eigenvalue weighted by atomic mass is 16.1. The summed E-state index contributed by atoms with van der Waals surface area (Å²) in [6.07, 6.45) is 4.11. The minimum Gasteiger partial charge on any atom is -0.368 e. The quantitative estimate of drug-likeness (QED) is 0.719. The predicted octanol–water partition coefficient (Wildman–Crippen LogP) is -0.311. The summed E-state index contributed by atoms with van der Waals surface area (Å²) in [7, 11) is 0. The van der Waals surface area contributed by atoms with E-state index in [1.54, 1.807) is 0 Å². The van der Waals surface area contributed by atoms with Crippen LogP contribution < -0.4 is 11.5 Å². The molecule has 15 heavy (non-hydrogen) atoms. The van der Waals surface area contributed by atoms with Crippen molar-refractivity contribution in [3.8, 4) is 0 Å². The summed E-state index contributed by atoms with van der Waals surface area (Å²) in [6, 6.07) is 5.03. The van der Waals surface area contributed by atoms with Crippen LogP contribution in [0.1, 0.15) is 5.69 Å². The zero-order chi connectivity index (χ0) is 10.8. The maximum atomic E-state index is 10.8. The van der Waals surface area contributed by atoms with Crippen molar-refractivity contribution in [3.05, 3.63) is 36.3 Å². The van der Waals surface area contributed by atoms with Crippen molar-refractivity contribution >= 4 is 11.6 Å². The first-order valence-corrected chi connectivity index (χ1v) is 4.64. The maximum absolute atomic E-state index is 10.8. The van der Waals surface area contributed by atoms with E-state index >= 15 is 0 Å². The molecule has 1 amide bonds. The van der Waals surface area contributed by atoms with Crippen molar-refractivity contribution in [2.45, 2.75) is 12.5 Å². The molecule has 1 unspecified atom stereocenters. The number of carbonyl (C=O) groups excluding carboxylic acids is 1. The third kappa shape index (κ3) is 1.97. The summed E-state index contributed by atoms with van der Waals surface area (Å²) in [5, 5.41) is 0. The molecule has 0 fully saturated rings. The van der Waals surface area contributed by atoms with Gasteiger partial charge in [-0.3, -0.25) is 4.79 Å². The fourth-order valence-corrected chi connectivity index (χ4v) is 1.41. The lowest BCUT2D eigenvalue weighted by molar-refractivity contribution is -0.119. The molecular formula is C10H12N4O. The van der Waals surface area contributed by atoms with Gasteiger partial charge in [-0.15, -0.1) is 0 Å². The average Bonchev–Trinajstić information content (AvgIpc) is 2.59. The Kier molecular flexibility index (Phi) is 2.39. The van der Waals surface area contributed by atoms with Gasteiger partial charge in [-0.1, -0.05) is 6.07 Å². The molecule has 0 spiro atoms. The van der Waals surface area contributed by atoms with Crippen LogP contribution in [-0.2, 0) is 11.2 Å². The first-order valence-electron chi connectivity index (χ1n) is 4.64. The van der Waals surface area contributed by atoms with Crippen molar-refractivity contribution in [3.63, 3.8) is 0 Å². The number of fused-ring (bicyclic) bond motifs is 1. The van der Waals surface area contributed by atoms with E-state index in [-0.39, 0.29) is 0 Å². The Hall–Kier alpha value is -1.88. The van der Waals surface area contributed by atoms with Gasteiger partial charge in [-0.2, -0.15) is 0 Å². The topological polar surface area (TPSA) is 86.4 Å². The van der Waals surface area contributed by atoms with E-state index in [0.29, 0.717) is 6.42 Å². The number of nitrogens with zero attached hydrogens (tertiary/aromatic N) is 2. The molecule has 0 saturated heterocycles. The lowest BCUT2D eigenvalue weighted by Crippen LogP contribution is -2.38. The highest BCUT2D eigenvalue weighted by molar-refractivity contribution is 5.79. The molecule has 0 aliphatic rings. The Morgan fingerprint density at radius 1 is 1.53 bits per heavy atom. The standard InChI is InChI=1S/C10H12N4O/c11-8(10(12)15)5-7-6-14-4-2-1-3-9(14)13-7/h1-4,6,8H,5,11H2,(H2,12,15). The van der Waals surface area contributed by atoms with Gasteiger partial charge in [0.05, 0.1) is 11.7 Å². The van der Waals surface area contributed by atoms with E-state index in [9.17, 15) is 4.79 Å². The van der Waals surface area contributed by atoms with E-state index in [1.165, 1.54) is 0 Å². The molecule has 2 heterocycles. The average molecular weight is 204 g/mol. The number of carbonyl (C=O) groups is 1. The molecule has 5 nitrogen and oxygen atoms in total. The zero-order valence-corrected chi connectivity index (χ0v) is 8.13. The molecule has 2 rings (SSSR count). The number of hydrogen-bond acceptors (Lipinski definition) is 3. The summed E-state index contributed by atoms with van der Waals surface area (Å²) >= 11 is 0. The maximum Gasteiger partial charge on any atom is 0.234 e. The minimum atomic E-state index is -0.671. The van der Waals surface area contributed by atoms with Crippen LogP contribution in [0.5, 0.6) is 0 Å². The Balaban J connectivity index is 2.26. The molecule has 2 aromatic rings. The highest BCUT2D eigenvalue weighted by Crippen LogP contribution is 2.05. The number of imidazole rings is 1. The number of amides is 1. The second-order valence-electron chi connectivity index (χ2n) is 3.41. The SMILES string of the molecule is NC(=O)C(N)Cc1cn2ccccc2n1. The van der Waals surface area contributed by atoms with Crippen LogP contribution in [0.2, 0.25) is 0 Å². The van der Waals surface area contributed by atoms with Crippen LogP contribution in [0.15, 0.2) is 30.6 Å². The summed E-state index contributed by atoms with van der Waals surface area (Å²) in [6.45, 7) is 0. The van der Waals surface area contributed by atoms with E-state index in [4.69, 9.17) is 11.5 Å². The Morgan fingerprint density at radius 3 is 3.00 bits per heavy atom. The van der Waals surface area contributed by atoms with Gasteiger partial charge in [0.1, 0.15) is 5.65 Å². The Bertz CT molecular complexity index is 458. The summed E-state index contributed by atoms with van der Waals surface area (Å²) in [5.41, 5.74) is 12.2. The molecule has 4 N–H and O–H groups in total. The van der Waals surface area contributed by atoms with Crippen LogP contribution in [0.3, 0.4) is 0 Å². The number of rotatable bonds is 3. The number of hydrogen-bond donors (Lipinski definition) is 2. The smallest absolute Gasteiger partial charge is 0.234 e. The molecule has 78 valence electrons. The van der Waals surface area contributed by atoms with Crippen LogP contribution >= 0.6 is 0 Å². The summed E-state index contributed by atoms with van der Waals surface area (Å²) in [5.74, 6) is -0.507. The second-order valence-corrected chi connectivity index (χ2v) is 3.41. The van der Waals surface area contributed by atoms with Gasteiger partial charge in [0.2, 0.25) is 5.91 Å². The third-order valence-corrected chi connectivity index (χ3v) is 2.21. The van der Waals surface area contributed by atoms with Gasteiger partial charge >= 0.3 is 0 Å². The van der Waals surface area contributed by atoms with Crippen LogP contribution in [0.25, 0.3) is 5.65 Å². The second kappa shape index (κ2) is 3.70. The summed E-state index contributed by atoms with van der Waals surface area (Å²) in [4.78, 5) is 15.1. The van der Waals surface area contributed by atoms with E-state index in [2.05, 4.69) is 4.98 Å². The van der Waals surface area contributed by atoms with Gasteiger partial charge in [0, 0.05) is 18.8 Å². The number of aromatic nitrogens is 2. The van der Waals surface area contributed by atoms with Gasteiger partial charge in [-0.05, 0) is 12.1 Å². The lowest BCUT2D eigenvalue weighted by Gasteiger charge is -2.02. The third-order valence-electron chi connectivity index (χ3n) is 2.21. The van der Waals surface area contributed by atoms with E-state index < -0.39 is 11.9 Å². The van der Waals surface area contributed by atoms with Crippen molar-refractivity contribution in [1.82, 2.24) is 9.38 Å². The highest BCUT2D eigenvalue weighted by Gasteiger charge is 2.12. The van der Waals surface area contributed by atoms with Crippen molar-refractivity contribution in [2.24, 2.45) is 11.5 Å². The molecular weight excluding hydrogens is 192 g/mol. The number of primary amides is 1. The monoisotopic (exact) mass is 204 g/mol. The normalized spacial score (nSPS) is 12.9. The van der Waals surface area contributed by atoms with Gasteiger partial charge in [-0.25, -0.2) is 4.98 Å². The molecule has 0 aliphatic carbocycles. The summed E-state index contributed by atoms with van der Waals surface area (Å²) < 4.78 is 1.88. The fourth-order valence-electron chi connectivity index (χ4n) is 1.41. The number of pyridine rings is 1.